The van der Waals surface area contributed by atoms with Gasteiger partial charge in [-0.15, -0.1) is 0 Å². The predicted molar refractivity (Wildman–Crippen MR) is 105 cm³/mol. The molecule has 0 bridgehead atoms. The van der Waals surface area contributed by atoms with Gasteiger partial charge in [-0.05, 0) is 37.8 Å². The van der Waals surface area contributed by atoms with E-state index in [1.54, 1.807) is 13.3 Å². The van der Waals surface area contributed by atoms with Gasteiger partial charge >= 0.3 is 0 Å². The fraction of sp³-hybridized carbons (Fsp3) is 0.524. The van der Waals surface area contributed by atoms with Gasteiger partial charge in [-0.2, -0.15) is 0 Å². The van der Waals surface area contributed by atoms with Gasteiger partial charge < -0.3 is 14.6 Å². The average Bonchev–Trinajstić information content (AvgIpc) is 3.24. The number of rotatable bonds is 4. The summed E-state index contributed by atoms with van der Waals surface area (Å²) in [4.78, 5) is 38.8. The van der Waals surface area contributed by atoms with Crippen LogP contribution in [0.3, 0.4) is 0 Å². The number of pyridine rings is 1. The van der Waals surface area contributed by atoms with Crippen molar-refractivity contribution in [1.82, 2.24) is 19.9 Å². The molecule has 1 saturated carbocycles. The molecular weight excluding hydrogens is 356 g/mol. The van der Waals surface area contributed by atoms with Crippen molar-refractivity contribution in [2.24, 2.45) is 5.92 Å². The molecule has 1 saturated heterocycles. The Morgan fingerprint density at radius 3 is 2.93 bits per heavy atom. The van der Waals surface area contributed by atoms with Crippen LogP contribution in [0.25, 0.3) is 11.4 Å². The van der Waals surface area contributed by atoms with E-state index in [-0.39, 0.29) is 29.4 Å². The molecule has 4 rings (SSSR count). The molecular formula is C21H26N4O3. The van der Waals surface area contributed by atoms with E-state index in [1.807, 2.05) is 23.1 Å². The highest BCUT2D eigenvalue weighted by atomic mass is 16.5. The van der Waals surface area contributed by atoms with E-state index < -0.39 is 0 Å². The first-order chi connectivity index (χ1) is 13.6. The van der Waals surface area contributed by atoms with Crippen LogP contribution in [-0.2, 0) is 9.53 Å². The maximum atomic E-state index is 13.0. The number of aromatic amines is 1. The molecule has 1 aliphatic heterocycles. The largest absolute Gasteiger partial charge is 0.381 e. The molecule has 2 aromatic rings. The Hall–Kier alpha value is -2.54. The molecule has 1 aliphatic carbocycles. The molecule has 1 N–H and O–H groups in total. The number of ether oxygens (including phenoxy) is 1. The minimum absolute atomic E-state index is 0.0436. The van der Waals surface area contributed by atoms with Crippen molar-refractivity contribution in [1.29, 1.82) is 0 Å². The lowest BCUT2D eigenvalue weighted by Gasteiger charge is -2.30. The summed E-state index contributed by atoms with van der Waals surface area (Å²) < 4.78 is 5.47. The van der Waals surface area contributed by atoms with E-state index in [9.17, 15) is 9.59 Å². The normalized spacial score (nSPS) is 25.0. The van der Waals surface area contributed by atoms with Crippen LogP contribution in [0.2, 0.25) is 0 Å². The van der Waals surface area contributed by atoms with E-state index in [0.717, 1.165) is 32.1 Å². The number of amides is 1. The molecule has 0 unspecified atom stereocenters. The van der Waals surface area contributed by atoms with Crippen molar-refractivity contribution in [2.45, 2.75) is 44.1 Å². The highest BCUT2D eigenvalue weighted by Gasteiger charge is 2.35. The summed E-state index contributed by atoms with van der Waals surface area (Å²) in [5, 5.41) is 0. The van der Waals surface area contributed by atoms with Gasteiger partial charge in [0.15, 0.2) is 0 Å². The fourth-order valence-electron chi connectivity index (χ4n) is 4.34. The zero-order valence-corrected chi connectivity index (χ0v) is 16.1. The SMILES string of the molecule is CO[C@@H]1CCC[C@@H](C(=O)N2CC[C@@H](c3nc(-c4ccccn4)cc(=O)[nH]3)C2)C1. The molecule has 1 amide bonds. The lowest BCUT2D eigenvalue weighted by atomic mass is 9.86. The number of carbonyl (C=O) groups is 1. The van der Waals surface area contributed by atoms with E-state index in [0.29, 0.717) is 30.3 Å². The van der Waals surface area contributed by atoms with Gasteiger partial charge in [-0.1, -0.05) is 12.5 Å². The van der Waals surface area contributed by atoms with Crippen molar-refractivity contribution in [3.05, 3.63) is 46.6 Å². The molecule has 0 aromatic carbocycles. The number of hydrogen-bond acceptors (Lipinski definition) is 5. The van der Waals surface area contributed by atoms with Gasteiger partial charge in [-0.25, -0.2) is 4.98 Å². The first-order valence-corrected chi connectivity index (χ1v) is 9.98. The highest BCUT2D eigenvalue weighted by Crippen LogP contribution is 2.31. The number of aromatic nitrogens is 3. The smallest absolute Gasteiger partial charge is 0.251 e. The second kappa shape index (κ2) is 8.22. The summed E-state index contributed by atoms with van der Waals surface area (Å²) in [6.07, 6.45) is 6.49. The molecule has 2 aromatic heterocycles. The van der Waals surface area contributed by atoms with Gasteiger partial charge in [-0.3, -0.25) is 14.6 Å². The third-order valence-electron chi connectivity index (χ3n) is 5.88. The van der Waals surface area contributed by atoms with Crippen molar-refractivity contribution >= 4 is 5.91 Å². The summed E-state index contributed by atoms with van der Waals surface area (Å²) >= 11 is 0. The maximum Gasteiger partial charge on any atom is 0.251 e. The maximum absolute atomic E-state index is 13.0. The standard InChI is InChI=1S/C21H26N4O3/c1-28-16-6-4-5-14(11-16)21(27)25-10-8-15(13-25)20-23-18(12-19(26)24-20)17-7-2-3-9-22-17/h2-3,7,9,12,14-16H,4-6,8,10-11,13H2,1H3,(H,23,24,26)/t14-,15-,16-/m1/s1. The summed E-state index contributed by atoms with van der Waals surface area (Å²) in [5.74, 6) is 0.945. The quantitative estimate of drug-likeness (QED) is 0.877. The van der Waals surface area contributed by atoms with Gasteiger partial charge in [0, 0.05) is 44.3 Å². The van der Waals surface area contributed by atoms with Crippen molar-refractivity contribution in [3.8, 4) is 11.4 Å². The number of likely N-dealkylation sites (tertiary alicyclic amines) is 1. The van der Waals surface area contributed by atoms with Gasteiger partial charge in [0.05, 0.1) is 17.5 Å². The number of H-pyrrole nitrogens is 1. The molecule has 148 valence electrons. The van der Waals surface area contributed by atoms with Crippen molar-refractivity contribution < 1.29 is 9.53 Å². The van der Waals surface area contributed by atoms with E-state index in [2.05, 4.69) is 15.0 Å². The number of carbonyl (C=O) groups excluding carboxylic acids is 1. The van der Waals surface area contributed by atoms with E-state index in [4.69, 9.17) is 4.74 Å². The zero-order valence-electron chi connectivity index (χ0n) is 16.1. The summed E-state index contributed by atoms with van der Waals surface area (Å²) in [7, 11) is 1.72. The Morgan fingerprint density at radius 2 is 2.14 bits per heavy atom. The lowest BCUT2D eigenvalue weighted by molar-refractivity contribution is -0.137. The van der Waals surface area contributed by atoms with E-state index >= 15 is 0 Å². The van der Waals surface area contributed by atoms with Gasteiger partial charge in [0.2, 0.25) is 5.91 Å². The third kappa shape index (κ3) is 3.99. The number of hydrogen-bond donors (Lipinski definition) is 1. The molecule has 0 radical (unpaired) electrons. The summed E-state index contributed by atoms with van der Waals surface area (Å²) in [6, 6.07) is 7.01. The molecule has 3 atom stereocenters. The average molecular weight is 382 g/mol. The van der Waals surface area contributed by atoms with E-state index in [1.165, 1.54) is 6.07 Å². The monoisotopic (exact) mass is 382 g/mol. The lowest BCUT2D eigenvalue weighted by Crippen LogP contribution is -2.38. The zero-order chi connectivity index (χ0) is 19.5. The van der Waals surface area contributed by atoms with Gasteiger partial charge in [0.1, 0.15) is 5.82 Å². The molecule has 28 heavy (non-hydrogen) atoms. The molecule has 7 nitrogen and oxygen atoms in total. The first kappa shape index (κ1) is 18.8. The second-order valence-corrected chi connectivity index (χ2v) is 7.72. The number of methoxy groups -OCH3 is 1. The first-order valence-electron chi connectivity index (χ1n) is 9.98. The topological polar surface area (TPSA) is 88.2 Å². The Balaban J connectivity index is 1.48. The molecule has 2 fully saturated rings. The van der Waals surface area contributed by atoms with Crippen LogP contribution < -0.4 is 5.56 Å². The summed E-state index contributed by atoms with van der Waals surface area (Å²) in [6.45, 7) is 1.30. The van der Waals surface area contributed by atoms with Crippen LogP contribution in [0, 0.1) is 5.92 Å². The molecule has 0 spiro atoms. The van der Waals surface area contributed by atoms with Crippen LogP contribution in [0.15, 0.2) is 35.3 Å². The predicted octanol–water partition coefficient (Wildman–Crippen LogP) is 2.35. The summed E-state index contributed by atoms with van der Waals surface area (Å²) in [5.41, 5.74) is 1.05. The fourth-order valence-corrected chi connectivity index (χ4v) is 4.34. The Morgan fingerprint density at radius 1 is 1.25 bits per heavy atom. The van der Waals surface area contributed by atoms with Crippen LogP contribution >= 0.6 is 0 Å². The highest BCUT2D eigenvalue weighted by molar-refractivity contribution is 5.79. The van der Waals surface area contributed by atoms with Crippen molar-refractivity contribution in [2.75, 3.05) is 20.2 Å². The third-order valence-corrected chi connectivity index (χ3v) is 5.88. The van der Waals surface area contributed by atoms with Crippen LogP contribution in [0.1, 0.15) is 43.8 Å². The van der Waals surface area contributed by atoms with Crippen LogP contribution in [0.4, 0.5) is 0 Å². The second-order valence-electron chi connectivity index (χ2n) is 7.72. The van der Waals surface area contributed by atoms with Crippen molar-refractivity contribution in [3.63, 3.8) is 0 Å². The number of nitrogens with one attached hydrogen (secondary N) is 1. The van der Waals surface area contributed by atoms with Crippen LogP contribution in [-0.4, -0.2) is 52.1 Å². The Bertz CT molecular complexity index is 883. The molecule has 3 heterocycles. The minimum Gasteiger partial charge on any atom is -0.381 e. The van der Waals surface area contributed by atoms with Gasteiger partial charge in [0.25, 0.3) is 5.56 Å². The Kier molecular flexibility index (Phi) is 5.52. The minimum atomic E-state index is -0.189. The molecule has 2 aliphatic rings. The number of nitrogens with zero attached hydrogens (tertiary/aromatic N) is 3. The Labute approximate surface area is 164 Å². The molecule has 7 heteroatoms. The van der Waals surface area contributed by atoms with Crippen LogP contribution in [0.5, 0.6) is 0 Å².